The highest BCUT2D eigenvalue weighted by Crippen LogP contribution is 2.40. The lowest BCUT2D eigenvalue weighted by atomic mass is 9.94. The number of carbonyl (C=O) groups excluding carboxylic acids is 2. The van der Waals surface area contributed by atoms with E-state index >= 15 is 0 Å². The minimum absolute atomic E-state index is 0.294. The van der Waals surface area contributed by atoms with Gasteiger partial charge in [-0.25, -0.2) is 14.2 Å². The van der Waals surface area contributed by atoms with E-state index in [9.17, 15) is 14.0 Å². The van der Waals surface area contributed by atoms with Gasteiger partial charge in [0.2, 0.25) is 0 Å². The molecule has 0 aromatic heterocycles. The smallest absolute Gasteiger partial charge is 0.338 e. The van der Waals surface area contributed by atoms with Crippen molar-refractivity contribution in [2.45, 2.75) is 26.3 Å². The quantitative estimate of drug-likeness (QED) is 0.661. The summed E-state index contributed by atoms with van der Waals surface area (Å²) in [6.07, 6.45) is 1.00. The molecule has 0 spiro atoms. The van der Waals surface area contributed by atoms with Crippen LogP contribution in [0.3, 0.4) is 0 Å². The zero-order valence-corrected chi connectivity index (χ0v) is 18.7. The molecule has 0 saturated carbocycles. The Morgan fingerprint density at radius 2 is 1.91 bits per heavy atom. The van der Waals surface area contributed by atoms with Gasteiger partial charge in [-0.2, -0.15) is 0 Å². The van der Waals surface area contributed by atoms with Crippen LogP contribution >= 0.6 is 11.8 Å². The van der Waals surface area contributed by atoms with E-state index in [1.807, 2.05) is 19.1 Å². The second-order valence-corrected chi connectivity index (χ2v) is 8.56. The molecule has 1 saturated heterocycles. The van der Waals surface area contributed by atoms with Crippen LogP contribution in [0, 0.1) is 5.82 Å². The van der Waals surface area contributed by atoms with Gasteiger partial charge in [0.1, 0.15) is 5.82 Å². The molecule has 8 heteroatoms. The van der Waals surface area contributed by atoms with Gasteiger partial charge in [0.05, 0.1) is 23.9 Å². The number of halogens is 1. The van der Waals surface area contributed by atoms with Gasteiger partial charge in [-0.15, -0.1) is 0 Å². The fourth-order valence-corrected chi connectivity index (χ4v) is 4.86. The monoisotopic (exact) mass is 453 g/mol. The van der Waals surface area contributed by atoms with Crippen molar-refractivity contribution in [1.82, 2.24) is 4.90 Å². The van der Waals surface area contributed by atoms with Crippen LogP contribution in [-0.4, -0.2) is 40.8 Å². The van der Waals surface area contributed by atoms with Gasteiger partial charge in [-0.1, -0.05) is 23.9 Å². The fraction of sp³-hybridized carbons (Fsp3) is 0.292. The molecule has 1 fully saturated rings. The molecule has 2 heterocycles. The number of amidine groups is 1. The van der Waals surface area contributed by atoms with Crippen LogP contribution in [0.2, 0.25) is 0 Å². The minimum Gasteiger partial charge on any atom is -0.463 e. The van der Waals surface area contributed by atoms with Crippen LogP contribution in [-0.2, 0) is 9.53 Å². The number of thioether (sulfide) groups is 1. The normalized spacial score (nSPS) is 18.0. The number of allylic oxidation sites excluding steroid dienone is 1. The summed E-state index contributed by atoms with van der Waals surface area (Å²) in [4.78, 5) is 32.0. The number of carbonyl (C=O) groups is 2. The van der Waals surface area contributed by atoms with E-state index in [-0.39, 0.29) is 17.9 Å². The number of ether oxygens (including phenoxy) is 1. The number of esters is 1. The number of rotatable bonds is 5. The predicted molar refractivity (Wildman–Crippen MR) is 124 cm³/mol. The molecular weight excluding hydrogens is 429 g/mol. The summed E-state index contributed by atoms with van der Waals surface area (Å²) in [5.74, 6) is -0.0708. The number of nitrogens with one attached hydrogen (secondary N) is 1. The molecule has 0 bridgehead atoms. The Balaban J connectivity index is 1.60. The molecule has 2 aliphatic rings. The first-order valence-electron chi connectivity index (χ1n) is 10.5. The third kappa shape index (κ3) is 4.55. The number of anilines is 1. The number of hydrogen-bond acceptors (Lipinski definition) is 6. The van der Waals surface area contributed by atoms with Crippen molar-refractivity contribution in [3.8, 4) is 0 Å². The van der Waals surface area contributed by atoms with Gasteiger partial charge in [0.15, 0.2) is 5.17 Å². The first-order valence-corrected chi connectivity index (χ1v) is 11.5. The van der Waals surface area contributed by atoms with Crippen molar-refractivity contribution in [1.29, 1.82) is 0 Å². The van der Waals surface area contributed by atoms with Crippen molar-refractivity contribution >= 4 is 34.5 Å². The van der Waals surface area contributed by atoms with Crippen molar-refractivity contribution in [3.63, 3.8) is 0 Å². The second-order valence-electron chi connectivity index (χ2n) is 7.49. The third-order valence-electron chi connectivity index (χ3n) is 5.34. The highest BCUT2D eigenvalue weighted by molar-refractivity contribution is 8.13. The maximum absolute atomic E-state index is 13.1. The van der Waals surface area contributed by atoms with E-state index in [0.29, 0.717) is 29.1 Å². The maximum atomic E-state index is 13.1. The van der Waals surface area contributed by atoms with Crippen LogP contribution in [0.25, 0.3) is 0 Å². The highest BCUT2D eigenvalue weighted by atomic mass is 32.2. The van der Waals surface area contributed by atoms with Crippen LogP contribution in [0.4, 0.5) is 10.1 Å². The molecule has 4 rings (SSSR count). The molecule has 32 heavy (non-hydrogen) atoms. The summed E-state index contributed by atoms with van der Waals surface area (Å²) < 4.78 is 18.4. The van der Waals surface area contributed by atoms with E-state index in [1.165, 1.54) is 24.3 Å². The molecular formula is C24H24FN3O3S. The Bertz CT molecular complexity index is 1080. The topological polar surface area (TPSA) is 71.0 Å². The van der Waals surface area contributed by atoms with Crippen LogP contribution in [0.1, 0.15) is 42.2 Å². The summed E-state index contributed by atoms with van der Waals surface area (Å²) in [5, 5.41) is 3.74. The number of aliphatic imine (C=N–C) groups is 1. The lowest BCUT2D eigenvalue weighted by molar-refractivity contribution is -0.139. The summed E-state index contributed by atoms with van der Waals surface area (Å²) in [6, 6.07) is 12.5. The molecule has 6 nitrogen and oxygen atoms in total. The number of hydrogen-bond donors (Lipinski definition) is 1. The molecule has 1 atom stereocenters. The van der Waals surface area contributed by atoms with Gasteiger partial charge in [-0.3, -0.25) is 4.79 Å². The summed E-state index contributed by atoms with van der Waals surface area (Å²) in [5.41, 5.74) is 3.11. The first-order chi connectivity index (χ1) is 15.5. The number of nitrogens with zero attached hydrogens (tertiary/aromatic N) is 2. The van der Waals surface area contributed by atoms with Crippen molar-refractivity contribution in [2.75, 3.05) is 24.2 Å². The molecule has 0 aliphatic carbocycles. The van der Waals surface area contributed by atoms with Gasteiger partial charge in [0, 0.05) is 23.5 Å². The Morgan fingerprint density at radius 1 is 1.19 bits per heavy atom. The SMILES string of the molecule is CCOC(=O)C1=C(C)N=C2SCCCN2[C@H]1c1ccc(NC(=O)c2ccc(F)cc2)cc1. The number of fused-ring (bicyclic) bond motifs is 1. The van der Waals surface area contributed by atoms with Crippen LogP contribution < -0.4 is 5.32 Å². The Morgan fingerprint density at radius 3 is 2.59 bits per heavy atom. The summed E-state index contributed by atoms with van der Waals surface area (Å²) in [7, 11) is 0. The van der Waals surface area contributed by atoms with Gasteiger partial charge in [-0.05, 0) is 62.2 Å². The highest BCUT2D eigenvalue weighted by Gasteiger charge is 2.37. The van der Waals surface area contributed by atoms with E-state index in [1.54, 1.807) is 30.8 Å². The van der Waals surface area contributed by atoms with Crippen LogP contribution in [0.15, 0.2) is 64.8 Å². The minimum atomic E-state index is -0.391. The van der Waals surface area contributed by atoms with Crippen LogP contribution in [0.5, 0.6) is 0 Å². The van der Waals surface area contributed by atoms with Crippen molar-refractivity contribution < 1.29 is 18.7 Å². The summed E-state index contributed by atoms with van der Waals surface area (Å²) in [6.45, 7) is 4.73. The van der Waals surface area contributed by atoms with E-state index < -0.39 is 5.82 Å². The maximum Gasteiger partial charge on any atom is 0.338 e. The summed E-state index contributed by atoms with van der Waals surface area (Å²) >= 11 is 1.69. The standard InChI is InChI=1S/C24H24FN3O3S/c1-3-31-23(30)20-15(2)26-24-28(13-4-14-32-24)21(20)16-7-11-19(12-8-16)27-22(29)17-5-9-18(25)10-6-17/h5-12,21H,3-4,13-14H2,1-2H3,(H,27,29)/t21-/m0/s1. The average molecular weight is 454 g/mol. The molecule has 2 aromatic carbocycles. The average Bonchev–Trinajstić information content (AvgIpc) is 2.79. The van der Waals surface area contributed by atoms with Gasteiger partial charge in [0.25, 0.3) is 5.91 Å². The molecule has 0 radical (unpaired) electrons. The van der Waals surface area contributed by atoms with Crippen molar-refractivity contribution in [3.05, 3.63) is 76.7 Å². The van der Waals surface area contributed by atoms with Crippen molar-refractivity contribution in [2.24, 2.45) is 4.99 Å². The Labute approximate surface area is 190 Å². The van der Waals surface area contributed by atoms with E-state index in [0.717, 1.165) is 29.4 Å². The first kappa shape index (κ1) is 22.1. The lowest BCUT2D eigenvalue weighted by Crippen LogP contribution is -2.42. The zero-order valence-electron chi connectivity index (χ0n) is 17.9. The molecule has 2 aromatic rings. The van der Waals surface area contributed by atoms with Gasteiger partial charge < -0.3 is 15.0 Å². The zero-order chi connectivity index (χ0) is 22.7. The molecule has 2 aliphatic heterocycles. The molecule has 1 N–H and O–H groups in total. The molecule has 1 amide bonds. The predicted octanol–water partition coefficient (Wildman–Crippen LogP) is 4.76. The molecule has 0 unspecified atom stereocenters. The number of amides is 1. The van der Waals surface area contributed by atoms with E-state index in [4.69, 9.17) is 4.74 Å². The van der Waals surface area contributed by atoms with Gasteiger partial charge >= 0.3 is 5.97 Å². The van der Waals surface area contributed by atoms with E-state index in [2.05, 4.69) is 15.2 Å². The third-order valence-corrected chi connectivity index (χ3v) is 6.42. The molecule has 166 valence electrons. The fourth-order valence-electron chi connectivity index (χ4n) is 3.84. The Kier molecular flexibility index (Phi) is 6.60. The number of benzene rings is 2. The lowest BCUT2D eigenvalue weighted by Gasteiger charge is -2.40. The Hall–Kier alpha value is -3.13. The largest absolute Gasteiger partial charge is 0.463 e. The second kappa shape index (κ2) is 9.56.